The van der Waals surface area contributed by atoms with Crippen molar-refractivity contribution in [2.24, 2.45) is 0 Å². The van der Waals surface area contributed by atoms with Gasteiger partial charge in [0.15, 0.2) is 11.5 Å². The molecule has 0 unspecified atom stereocenters. The van der Waals surface area contributed by atoms with Gasteiger partial charge in [0.25, 0.3) is 0 Å². The molecule has 6 nitrogen and oxygen atoms in total. The zero-order valence-corrected chi connectivity index (χ0v) is 12.0. The van der Waals surface area contributed by atoms with Crippen LogP contribution in [0.1, 0.15) is 29.5 Å². The number of ketones is 1. The Morgan fingerprint density at radius 1 is 1.27 bits per heavy atom. The first kappa shape index (κ1) is 14.2. The summed E-state index contributed by atoms with van der Waals surface area (Å²) in [7, 11) is 0. The van der Waals surface area contributed by atoms with E-state index in [1.54, 1.807) is 24.3 Å². The number of fused-ring (bicyclic) bond motifs is 1. The second-order valence-corrected chi connectivity index (χ2v) is 4.79. The van der Waals surface area contributed by atoms with Gasteiger partial charge in [-0.1, -0.05) is 0 Å². The fraction of sp³-hybridized carbons (Fsp3) is 0.250. The van der Waals surface area contributed by atoms with E-state index in [0.717, 1.165) is 5.75 Å². The molecule has 22 heavy (non-hydrogen) atoms. The van der Waals surface area contributed by atoms with Crippen LogP contribution in [0.25, 0.3) is 0 Å². The molecule has 0 radical (unpaired) electrons. The van der Waals surface area contributed by atoms with Crippen molar-refractivity contribution in [1.82, 2.24) is 0 Å². The molecule has 0 bridgehead atoms. The lowest BCUT2D eigenvalue weighted by Gasteiger charge is -2.07. The Bertz CT molecular complexity index is 702. The lowest BCUT2D eigenvalue weighted by atomic mass is 10.2. The normalized spacial score (nSPS) is 12.9. The van der Waals surface area contributed by atoms with Crippen molar-refractivity contribution in [1.29, 1.82) is 0 Å². The van der Waals surface area contributed by atoms with Crippen LogP contribution in [0.15, 0.2) is 34.9 Å². The molecule has 2 aromatic rings. The number of rotatable bonds is 4. The summed E-state index contributed by atoms with van der Waals surface area (Å²) in [4.78, 5) is 23.6. The fourth-order valence-corrected chi connectivity index (χ4v) is 2.33. The third kappa shape index (κ3) is 2.81. The van der Waals surface area contributed by atoms with Crippen LogP contribution < -0.4 is 14.8 Å². The quantitative estimate of drug-likeness (QED) is 0.936. The number of Topliss-reactive ketones (excluding diaryl/α,β-unsaturated/α-hetero) is 1. The molecular formula is C16H15NO5. The number of benzene rings is 1. The van der Waals surface area contributed by atoms with E-state index in [9.17, 15) is 9.59 Å². The van der Waals surface area contributed by atoms with E-state index in [2.05, 4.69) is 5.32 Å². The van der Waals surface area contributed by atoms with E-state index < -0.39 is 6.09 Å². The third-order valence-corrected chi connectivity index (χ3v) is 3.31. The Balaban J connectivity index is 1.64. The average molecular weight is 301 g/mol. The first-order valence-corrected chi connectivity index (χ1v) is 7.02. The van der Waals surface area contributed by atoms with E-state index in [-0.39, 0.29) is 11.5 Å². The largest absolute Gasteiger partial charge is 0.494 e. The Morgan fingerprint density at radius 3 is 2.77 bits per heavy atom. The summed E-state index contributed by atoms with van der Waals surface area (Å²) < 4.78 is 15.7. The number of carbonyl (C=O) groups excluding carboxylic acids is 2. The van der Waals surface area contributed by atoms with Crippen LogP contribution in [-0.2, 0) is 6.42 Å². The Kier molecular flexibility index (Phi) is 3.82. The predicted molar refractivity (Wildman–Crippen MR) is 78.6 cm³/mol. The van der Waals surface area contributed by atoms with Crippen LogP contribution >= 0.6 is 0 Å². The van der Waals surface area contributed by atoms with Gasteiger partial charge in [0.1, 0.15) is 23.3 Å². The van der Waals surface area contributed by atoms with Gasteiger partial charge in [-0.3, -0.25) is 10.1 Å². The van der Waals surface area contributed by atoms with Gasteiger partial charge >= 0.3 is 6.09 Å². The van der Waals surface area contributed by atoms with Crippen LogP contribution in [-0.4, -0.2) is 18.5 Å². The van der Waals surface area contributed by atoms with Crippen LogP contribution in [0.5, 0.6) is 11.5 Å². The number of hydrogen-bond donors (Lipinski definition) is 1. The Hall–Kier alpha value is -2.76. The van der Waals surface area contributed by atoms with Crippen LogP contribution in [0, 0.1) is 0 Å². The molecule has 1 amide bonds. The predicted octanol–water partition coefficient (Wildman–Crippen LogP) is 3.42. The molecule has 1 N–H and O–H groups in total. The summed E-state index contributed by atoms with van der Waals surface area (Å²) in [6.45, 7) is 2.47. The molecule has 1 aliphatic rings. The molecular weight excluding hydrogens is 286 g/mol. The standard InChI is InChI=1S/C16H15NO5/c1-2-20-11-5-3-10(4-6-11)17-16(19)22-14-9-21-13-8-7-12(18)15(13)14/h3-6,9H,2,7-8H2,1H3,(H,17,19). The minimum atomic E-state index is -0.674. The molecule has 1 heterocycles. The van der Waals surface area contributed by atoms with E-state index >= 15 is 0 Å². The molecule has 0 atom stereocenters. The van der Waals surface area contributed by atoms with Crippen LogP contribution in [0.2, 0.25) is 0 Å². The number of hydrogen-bond acceptors (Lipinski definition) is 5. The van der Waals surface area contributed by atoms with Gasteiger partial charge in [-0.05, 0) is 31.2 Å². The molecule has 0 saturated heterocycles. The minimum Gasteiger partial charge on any atom is -0.494 e. The van der Waals surface area contributed by atoms with Crippen molar-refractivity contribution in [3.05, 3.63) is 41.9 Å². The van der Waals surface area contributed by atoms with Gasteiger partial charge in [0.2, 0.25) is 0 Å². The number of nitrogens with one attached hydrogen (secondary N) is 1. The molecule has 114 valence electrons. The number of anilines is 1. The van der Waals surface area contributed by atoms with Gasteiger partial charge in [0.05, 0.1) is 6.61 Å². The molecule has 1 aliphatic carbocycles. The fourth-order valence-electron chi connectivity index (χ4n) is 2.33. The van der Waals surface area contributed by atoms with Crippen molar-refractivity contribution >= 4 is 17.6 Å². The Morgan fingerprint density at radius 2 is 2.05 bits per heavy atom. The van der Waals surface area contributed by atoms with Crippen molar-refractivity contribution < 1.29 is 23.5 Å². The SMILES string of the molecule is CCOc1ccc(NC(=O)Oc2coc3c2C(=O)CC3)cc1. The summed E-state index contributed by atoms with van der Waals surface area (Å²) in [5.41, 5.74) is 0.946. The minimum absolute atomic E-state index is 0.0624. The molecule has 6 heteroatoms. The van der Waals surface area contributed by atoms with Crippen molar-refractivity contribution in [2.45, 2.75) is 19.8 Å². The summed E-state index contributed by atoms with van der Waals surface area (Å²) in [5, 5.41) is 2.59. The topological polar surface area (TPSA) is 77.8 Å². The highest BCUT2D eigenvalue weighted by molar-refractivity contribution is 6.03. The highest BCUT2D eigenvalue weighted by atomic mass is 16.6. The zero-order valence-electron chi connectivity index (χ0n) is 12.0. The smallest absolute Gasteiger partial charge is 0.417 e. The van der Waals surface area contributed by atoms with Crippen molar-refractivity contribution in [3.8, 4) is 11.5 Å². The maximum Gasteiger partial charge on any atom is 0.417 e. The second-order valence-electron chi connectivity index (χ2n) is 4.79. The van der Waals surface area contributed by atoms with Crippen molar-refractivity contribution in [3.63, 3.8) is 0 Å². The third-order valence-electron chi connectivity index (χ3n) is 3.31. The van der Waals surface area contributed by atoms with Gasteiger partial charge in [-0.25, -0.2) is 4.79 Å². The lowest BCUT2D eigenvalue weighted by molar-refractivity contribution is 0.0992. The maximum absolute atomic E-state index is 11.9. The second kappa shape index (κ2) is 5.93. The summed E-state index contributed by atoms with van der Waals surface area (Å²) in [6.07, 6.45) is 1.57. The van der Waals surface area contributed by atoms with Gasteiger partial charge in [0, 0.05) is 18.5 Å². The highest BCUT2D eigenvalue weighted by Crippen LogP contribution is 2.32. The molecule has 0 fully saturated rings. The number of ether oxygens (including phenoxy) is 2. The average Bonchev–Trinajstić information content (AvgIpc) is 3.06. The van der Waals surface area contributed by atoms with E-state index in [0.29, 0.717) is 36.5 Å². The van der Waals surface area contributed by atoms with Gasteiger partial charge < -0.3 is 13.9 Å². The maximum atomic E-state index is 11.9. The molecule has 3 rings (SSSR count). The molecule has 0 spiro atoms. The first-order chi connectivity index (χ1) is 10.7. The van der Waals surface area contributed by atoms with E-state index in [1.807, 2.05) is 6.92 Å². The number of amides is 1. The summed E-state index contributed by atoms with van der Waals surface area (Å²) in [5.74, 6) is 1.40. The van der Waals surface area contributed by atoms with E-state index in [4.69, 9.17) is 13.9 Å². The first-order valence-electron chi connectivity index (χ1n) is 7.02. The highest BCUT2D eigenvalue weighted by Gasteiger charge is 2.29. The molecule has 0 saturated carbocycles. The van der Waals surface area contributed by atoms with Crippen LogP contribution in [0.4, 0.5) is 10.5 Å². The summed E-state index contributed by atoms with van der Waals surface area (Å²) >= 11 is 0. The molecule has 1 aromatic heterocycles. The monoisotopic (exact) mass is 301 g/mol. The molecule has 1 aromatic carbocycles. The molecule has 0 aliphatic heterocycles. The number of furan rings is 1. The Labute approximate surface area is 127 Å². The number of carbonyl (C=O) groups is 2. The van der Waals surface area contributed by atoms with E-state index in [1.165, 1.54) is 6.26 Å². The zero-order chi connectivity index (χ0) is 15.5. The van der Waals surface area contributed by atoms with Gasteiger partial charge in [-0.15, -0.1) is 0 Å². The van der Waals surface area contributed by atoms with Gasteiger partial charge in [-0.2, -0.15) is 0 Å². The van der Waals surface area contributed by atoms with Crippen molar-refractivity contribution in [2.75, 3.05) is 11.9 Å². The lowest BCUT2D eigenvalue weighted by Crippen LogP contribution is -2.17. The van der Waals surface area contributed by atoms with Crippen LogP contribution in [0.3, 0.4) is 0 Å². The number of aryl methyl sites for hydroxylation is 1. The summed E-state index contributed by atoms with van der Waals surface area (Å²) in [6, 6.07) is 6.91.